The first-order valence-corrected chi connectivity index (χ1v) is 8.24. The summed E-state index contributed by atoms with van der Waals surface area (Å²) in [5.41, 5.74) is 0.345. The highest BCUT2D eigenvalue weighted by atomic mass is 32.1. The number of carbonyl (C=O) groups excluding carboxylic acids is 1. The normalized spacial score (nSPS) is 12.1. The van der Waals surface area contributed by atoms with E-state index in [2.05, 4.69) is 10.3 Å². The standard InChI is InChI=1S/C17H17N3O3S/c1-10-8-12-16(24-10)18-9-20(17(12)22)11(2)15(21)19-13-6-4-5-7-14(13)23-3/h4-9,11H,1-3H3,(H,19,21)/t11-/m1/s1. The van der Waals surface area contributed by atoms with E-state index < -0.39 is 6.04 Å². The van der Waals surface area contributed by atoms with Gasteiger partial charge >= 0.3 is 0 Å². The second-order valence-electron chi connectivity index (χ2n) is 5.40. The summed E-state index contributed by atoms with van der Waals surface area (Å²) in [5, 5.41) is 3.33. The lowest BCUT2D eigenvalue weighted by Gasteiger charge is -2.16. The number of thiophene rings is 1. The molecular weight excluding hydrogens is 326 g/mol. The lowest BCUT2D eigenvalue weighted by atomic mass is 10.2. The smallest absolute Gasteiger partial charge is 0.262 e. The van der Waals surface area contributed by atoms with Crippen molar-refractivity contribution < 1.29 is 9.53 Å². The van der Waals surface area contributed by atoms with Gasteiger partial charge in [0.2, 0.25) is 5.91 Å². The SMILES string of the molecule is COc1ccccc1NC(=O)[C@@H](C)n1cnc2sc(C)cc2c1=O. The largest absolute Gasteiger partial charge is 0.495 e. The quantitative estimate of drug-likeness (QED) is 0.790. The lowest BCUT2D eigenvalue weighted by Crippen LogP contribution is -2.31. The van der Waals surface area contributed by atoms with Gasteiger partial charge in [0, 0.05) is 4.88 Å². The Morgan fingerprint density at radius 1 is 1.38 bits per heavy atom. The number of nitrogens with one attached hydrogen (secondary N) is 1. The van der Waals surface area contributed by atoms with Crippen LogP contribution in [0.3, 0.4) is 0 Å². The van der Waals surface area contributed by atoms with Crippen LogP contribution < -0.4 is 15.6 Å². The van der Waals surface area contributed by atoms with Gasteiger partial charge in [-0.1, -0.05) is 12.1 Å². The van der Waals surface area contributed by atoms with Crippen molar-refractivity contribution >= 4 is 33.1 Å². The number of methoxy groups -OCH3 is 1. The predicted molar refractivity (Wildman–Crippen MR) is 95.0 cm³/mol. The van der Waals surface area contributed by atoms with Crippen molar-refractivity contribution in [1.82, 2.24) is 9.55 Å². The Balaban J connectivity index is 1.91. The van der Waals surface area contributed by atoms with Crippen LogP contribution in [0.1, 0.15) is 17.8 Å². The molecule has 0 aliphatic carbocycles. The molecule has 0 fully saturated rings. The molecule has 0 unspecified atom stereocenters. The molecule has 0 saturated heterocycles. The number of rotatable bonds is 4. The summed E-state index contributed by atoms with van der Waals surface area (Å²) in [6.07, 6.45) is 1.42. The summed E-state index contributed by atoms with van der Waals surface area (Å²) in [5.74, 6) is 0.252. The Kier molecular flexibility index (Phi) is 4.35. The second-order valence-corrected chi connectivity index (χ2v) is 6.63. The number of amides is 1. The molecule has 0 bridgehead atoms. The molecule has 7 heteroatoms. The number of aromatic nitrogens is 2. The van der Waals surface area contributed by atoms with Crippen LogP contribution in [0.25, 0.3) is 10.2 Å². The van der Waals surface area contributed by atoms with E-state index >= 15 is 0 Å². The highest BCUT2D eigenvalue weighted by molar-refractivity contribution is 7.18. The Hall–Kier alpha value is -2.67. The predicted octanol–water partition coefficient (Wildman–Crippen LogP) is 2.97. The maximum Gasteiger partial charge on any atom is 0.262 e. The minimum Gasteiger partial charge on any atom is -0.495 e. The van der Waals surface area contributed by atoms with E-state index in [1.807, 2.05) is 13.0 Å². The van der Waals surface area contributed by atoms with Crippen LogP contribution in [0, 0.1) is 6.92 Å². The average molecular weight is 343 g/mol. The number of para-hydroxylation sites is 2. The molecule has 6 nitrogen and oxygen atoms in total. The van der Waals surface area contributed by atoms with E-state index in [1.54, 1.807) is 31.2 Å². The fraction of sp³-hybridized carbons (Fsp3) is 0.235. The molecule has 0 spiro atoms. The van der Waals surface area contributed by atoms with Gasteiger partial charge in [0.15, 0.2) is 0 Å². The fourth-order valence-corrected chi connectivity index (χ4v) is 3.28. The maximum atomic E-state index is 12.6. The lowest BCUT2D eigenvalue weighted by molar-refractivity contribution is -0.118. The molecule has 0 saturated carbocycles. The van der Waals surface area contributed by atoms with Crippen LogP contribution >= 0.6 is 11.3 Å². The zero-order valence-corrected chi connectivity index (χ0v) is 14.4. The summed E-state index contributed by atoms with van der Waals surface area (Å²) >= 11 is 1.46. The molecule has 3 rings (SSSR count). The van der Waals surface area contributed by atoms with Gasteiger partial charge in [-0.2, -0.15) is 0 Å². The van der Waals surface area contributed by atoms with E-state index in [9.17, 15) is 9.59 Å². The number of fused-ring (bicyclic) bond motifs is 1. The number of aryl methyl sites for hydroxylation is 1. The summed E-state index contributed by atoms with van der Waals surface area (Å²) < 4.78 is 6.57. The Bertz CT molecular complexity index is 961. The van der Waals surface area contributed by atoms with Gasteiger partial charge in [-0.15, -0.1) is 11.3 Å². The van der Waals surface area contributed by atoms with Gasteiger partial charge in [-0.05, 0) is 32.0 Å². The van der Waals surface area contributed by atoms with Crippen molar-refractivity contribution in [2.75, 3.05) is 12.4 Å². The zero-order valence-electron chi connectivity index (χ0n) is 13.6. The Labute approximate surface area is 142 Å². The van der Waals surface area contributed by atoms with Gasteiger partial charge in [0.05, 0.1) is 24.5 Å². The van der Waals surface area contributed by atoms with E-state index in [0.717, 1.165) is 4.88 Å². The van der Waals surface area contributed by atoms with Crippen molar-refractivity contribution in [2.24, 2.45) is 0 Å². The number of ether oxygens (including phenoxy) is 1. The molecule has 2 heterocycles. The van der Waals surface area contributed by atoms with Gasteiger partial charge in [-0.25, -0.2) is 4.98 Å². The first-order chi connectivity index (χ1) is 11.5. The van der Waals surface area contributed by atoms with Crippen LogP contribution in [-0.4, -0.2) is 22.6 Å². The van der Waals surface area contributed by atoms with Gasteiger partial charge in [0.1, 0.15) is 16.6 Å². The van der Waals surface area contributed by atoms with E-state index in [4.69, 9.17) is 4.74 Å². The third-order valence-corrected chi connectivity index (χ3v) is 4.72. The maximum absolute atomic E-state index is 12.6. The molecule has 1 N–H and O–H groups in total. The van der Waals surface area contributed by atoms with Crippen molar-refractivity contribution in [3.8, 4) is 5.75 Å². The summed E-state index contributed by atoms with van der Waals surface area (Å²) in [6.45, 7) is 3.59. The summed E-state index contributed by atoms with van der Waals surface area (Å²) in [7, 11) is 1.54. The van der Waals surface area contributed by atoms with Crippen LogP contribution in [0.4, 0.5) is 5.69 Å². The van der Waals surface area contributed by atoms with Gasteiger partial charge in [0.25, 0.3) is 5.56 Å². The fourth-order valence-electron chi connectivity index (χ4n) is 2.44. The second kappa shape index (κ2) is 6.45. The Morgan fingerprint density at radius 3 is 2.88 bits per heavy atom. The van der Waals surface area contributed by atoms with Crippen molar-refractivity contribution in [3.05, 3.63) is 51.9 Å². The van der Waals surface area contributed by atoms with Crippen molar-refractivity contribution in [1.29, 1.82) is 0 Å². The molecule has 2 aromatic heterocycles. The number of hydrogen-bond donors (Lipinski definition) is 1. The number of carbonyl (C=O) groups is 1. The van der Waals surface area contributed by atoms with E-state index in [1.165, 1.54) is 29.3 Å². The Morgan fingerprint density at radius 2 is 2.12 bits per heavy atom. The van der Waals surface area contributed by atoms with Gasteiger partial charge < -0.3 is 10.1 Å². The van der Waals surface area contributed by atoms with Crippen LogP contribution in [0.2, 0.25) is 0 Å². The van der Waals surface area contributed by atoms with Crippen LogP contribution in [0.5, 0.6) is 5.75 Å². The average Bonchev–Trinajstić information content (AvgIpc) is 2.96. The monoisotopic (exact) mass is 343 g/mol. The van der Waals surface area contributed by atoms with Crippen molar-refractivity contribution in [2.45, 2.75) is 19.9 Å². The number of benzene rings is 1. The number of anilines is 1. The minimum atomic E-state index is -0.695. The minimum absolute atomic E-state index is 0.216. The molecule has 0 radical (unpaired) electrons. The molecular formula is C17H17N3O3S. The molecule has 0 aliphatic heterocycles. The van der Waals surface area contributed by atoms with E-state index in [-0.39, 0.29) is 11.5 Å². The molecule has 24 heavy (non-hydrogen) atoms. The van der Waals surface area contributed by atoms with E-state index in [0.29, 0.717) is 21.7 Å². The number of nitrogens with zero attached hydrogens (tertiary/aromatic N) is 2. The zero-order chi connectivity index (χ0) is 17.3. The van der Waals surface area contributed by atoms with Crippen molar-refractivity contribution in [3.63, 3.8) is 0 Å². The first kappa shape index (κ1) is 16.2. The summed E-state index contributed by atoms with van der Waals surface area (Å²) in [6, 6.07) is 8.23. The third kappa shape index (κ3) is 2.90. The molecule has 1 atom stereocenters. The molecule has 124 valence electrons. The van der Waals surface area contributed by atoms with Crippen LogP contribution in [0.15, 0.2) is 41.5 Å². The molecule has 0 aliphatic rings. The summed E-state index contributed by atoms with van der Waals surface area (Å²) in [4.78, 5) is 31.1. The highest BCUT2D eigenvalue weighted by Gasteiger charge is 2.19. The molecule has 1 aromatic carbocycles. The number of hydrogen-bond acceptors (Lipinski definition) is 5. The topological polar surface area (TPSA) is 73.2 Å². The third-order valence-electron chi connectivity index (χ3n) is 3.76. The molecule has 1 amide bonds. The van der Waals surface area contributed by atoms with Gasteiger partial charge in [-0.3, -0.25) is 14.2 Å². The molecule has 3 aromatic rings. The highest BCUT2D eigenvalue weighted by Crippen LogP contribution is 2.24. The first-order valence-electron chi connectivity index (χ1n) is 7.42. The van der Waals surface area contributed by atoms with Crippen LogP contribution in [-0.2, 0) is 4.79 Å².